The molecule has 0 aliphatic heterocycles. The van der Waals surface area contributed by atoms with E-state index >= 15 is 0 Å². The molecule has 1 aliphatic carbocycles. The molecule has 1 aromatic heterocycles. The van der Waals surface area contributed by atoms with Crippen molar-refractivity contribution in [3.8, 4) is 0 Å². The van der Waals surface area contributed by atoms with Crippen molar-refractivity contribution in [1.29, 1.82) is 0 Å². The number of nitrogens with zero attached hydrogens (tertiary/aromatic N) is 1. The van der Waals surface area contributed by atoms with Gasteiger partial charge in [-0.1, -0.05) is 0 Å². The molecule has 1 fully saturated rings. The number of nitrogens with one attached hydrogen (secondary N) is 2. The summed E-state index contributed by atoms with van der Waals surface area (Å²) in [6.07, 6.45) is 4.25. The Kier molecular flexibility index (Phi) is 2.20. The van der Waals surface area contributed by atoms with Crippen LogP contribution in [0.15, 0.2) is 12.3 Å². The number of rotatable bonds is 2. The van der Waals surface area contributed by atoms with Crippen molar-refractivity contribution < 1.29 is 0 Å². The van der Waals surface area contributed by atoms with Crippen LogP contribution in [0.2, 0.25) is 0 Å². The first kappa shape index (κ1) is 8.56. The van der Waals surface area contributed by atoms with Crippen molar-refractivity contribution in [2.75, 3.05) is 7.05 Å². The summed E-state index contributed by atoms with van der Waals surface area (Å²) in [5.41, 5.74) is 1.46. The Morgan fingerprint density at radius 3 is 2.73 bits per heavy atom. The molecule has 3 nitrogen and oxygen atoms in total. The summed E-state index contributed by atoms with van der Waals surface area (Å²) in [5, 5.41) is 10.2. The van der Waals surface area contributed by atoms with Gasteiger partial charge in [0.25, 0.3) is 0 Å². The van der Waals surface area contributed by atoms with Crippen LogP contribution in [0.1, 0.15) is 18.5 Å². The number of halogens is 1. The lowest BCUT2D eigenvalue weighted by atomic mass is 10.2. The second-order valence-corrected chi connectivity index (χ2v) is 2.80. The van der Waals surface area contributed by atoms with E-state index in [1.54, 1.807) is 6.20 Å². The van der Waals surface area contributed by atoms with Gasteiger partial charge < -0.3 is 5.32 Å². The van der Waals surface area contributed by atoms with Gasteiger partial charge in [-0.05, 0) is 26.0 Å². The van der Waals surface area contributed by atoms with E-state index in [-0.39, 0.29) is 17.9 Å². The molecule has 0 aromatic carbocycles. The lowest BCUT2D eigenvalue weighted by molar-refractivity contribution is 0.566. The van der Waals surface area contributed by atoms with E-state index in [0.29, 0.717) is 0 Å². The van der Waals surface area contributed by atoms with Crippen LogP contribution in [-0.4, -0.2) is 17.2 Å². The highest BCUT2D eigenvalue weighted by Crippen LogP contribution is 2.43. The zero-order chi connectivity index (χ0) is 7.03. The monoisotopic (exact) mass is 173 g/mol. The molecule has 1 aliphatic rings. The van der Waals surface area contributed by atoms with Crippen LogP contribution in [0, 0.1) is 0 Å². The Morgan fingerprint density at radius 2 is 2.36 bits per heavy atom. The summed E-state index contributed by atoms with van der Waals surface area (Å²) in [6.45, 7) is 0. The van der Waals surface area contributed by atoms with E-state index in [0.717, 1.165) is 0 Å². The Labute approximate surface area is 72.0 Å². The van der Waals surface area contributed by atoms with Gasteiger partial charge >= 0.3 is 0 Å². The van der Waals surface area contributed by atoms with Crippen molar-refractivity contribution >= 4 is 12.4 Å². The highest BCUT2D eigenvalue weighted by molar-refractivity contribution is 5.85. The Bertz CT molecular complexity index is 216. The normalized spacial score (nSPS) is 19.0. The third-order valence-electron chi connectivity index (χ3n) is 2.24. The second-order valence-electron chi connectivity index (χ2n) is 2.80. The van der Waals surface area contributed by atoms with Crippen LogP contribution < -0.4 is 5.32 Å². The Hall–Kier alpha value is -0.540. The van der Waals surface area contributed by atoms with Crippen LogP contribution in [0.4, 0.5) is 0 Å². The smallest absolute Gasteiger partial charge is 0.0602 e. The first-order valence-electron chi connectivity index (χ1n) is 3.56. The highest BCUT2D eigenvalue weighted by Gasteiger charge is 2.43. The zero-order valence-corrected chi connectivity index (χ0v) is 7.24. The third kappa shape index (κ3) is 1.26. The van der Waals surface area contributed by atoms with Crippen LogP contribution in [-0.2, 0) is 5.54 Å². The molecule has 0 atom stereocenters. The van der Waals surface area contributed by atoms with Crippen molar-refractivity contribution in [2.45, 2.75) is 18.4 Å². The third-order valence-corrected chi connectivity index (χ3v) is 2.24. The van der Waals surface area contributed by atoms with E-state index in [1.807, 2.05) is 13.1 Å². The molecule has 1 heterocycles. The maximum atomic E-state index is 3.91. The molecule has 11 heavy (non-hydrogen) atoms. The summed E-state index contributed by atoms with van der Waals surface area (Å²) in [6, 6.07) is 2.03. The molecule has 0 amide bonds. The minimum absolute atomic E-state index is 0. The van der Waals surface area contributed by atoms with Crippen LogP contribution in [0.5, 0.6) is 0 Å². The lowest BCUT2D eigenvalue weighted by Crippen LogP contribution is -2.24. The maximum Gasteiger partial charge on any atom is 0.0602 e. The Morgan fingerprint density at radius 1 is 1.64 bits per heavy atom. The molecule has 0 saturated heterocycles. The van der Waals surface area contributed by atoms with Gasteiger partial charge in [-0.2, -0.15) is 5.10 Å². The van der Waals surface area contributed by atoms with Gasteiger partial charge in [0.1, 0.15) is 0 Å². The van der Waals surface area contributed by atoms with Crippen molar-refractivity contribution in [1.82, 2.24) is 15.5 Å². The predicted molar refractivity (Wildman–Crippen MR) is 45.8 cm³/mol. The van der Waals surface area contributed by atoms with Gasteiger partial charge in [0.15, 0.2) is 0 Å². The van der Waals surface area contributed by atoms with Crippen LogP contribution in [0.3, 0.4) is 0 Å². The number of hydrogen-bond acceptors (Lipinski definition) is 2. The average molecular weight is 174 g/mol. The first-order chi connectivity index (χ1) is 4.87. The molecule has 1 saturated carbocycles. The lowest BCUT2D eigenvalue weighted by Gasteiger charge is -2.09. The van der Waals surface area contributed by atoms with Crippen molar-refractivity contribution in [3.05, 3.63) is 18.0 Å². The summed E-state index contributed by atoms with van der Waals surface area (Å²) >= 11 is 0. The van der Waals surface area contributed by atoms with Gasteiger partial charge in [0, 0.05) is 6.20 Å². The topological polar surface area (TPSA) is 40.7 Å². The second kappa shape index (κ2) is 2.83. The molecule has 0 unspecified atom stereocenters. The number of hydrogen-bond donors (Lipinski definition) is 2. The Balaban J connectivity index is 0.000000605. The fraction of sp³-hybridized carbons (Fsp3) is 0.571. The zero-order valence-electron chi connectivity index (χ0n) is 6.42. The van der Waals surface area contributed by atoms with Gasteiger partial charge in [-0.15, -0.1) is 12.4 Å². The standard InChI is InChI=1S/C7H11N3.ClH/c1-8-7(3-4-7)6-2-5-9-10-6;/h2,5,8H,3-4H2,1H3,(H,9,10);1H. The number of aromatic nitrogens is 2. The number of aromatic amines is 1. The molecule has 0 bridgehead atoms. The molecule has 2 N–H and O–H groups in total. The largest absolute Gasteiger partial charge is 0.309 e. The predicted octanol–water partition coefficient (Wildman–Crippen LogP) is 1.04. The maximum absolute atomic E-state index is 3.91. The summed E-state index contributed by atoms with van der Waals surface area (Å²) in [4.78, 5) is 0. The van der Waals surface area contributed by atoms with Crippen LogP contribution in [0.25, 0.3) is 0 Å². The van der Waals surface area contributed by atoms with E-state index in [9.17, 15) is 0 Å². The average Bonchev–Trinajstić information content (AvgIpc) is 2.58. The van der Waals surface area contributed by atoms with Gasteiger partial charge in [0.2, 0.25) is 0 Å². The van der Waals surface area contributed by atoms with Gasteiger partial charge in [0.05, 0.1) is 11.2 Å². The summed E-state index contributed by atoms with van der Waals surface area (Å²) in [5.74, 6) is 0. The van der Waals surface area contributed by atoms with Crippen molar-refractivity contribution in [2.24, 2.45) is 0 Å². The minimum Gasteiger partial charge on any atom is -0.309 e. The van der Waals surface area contributed by atoms with E-state index in [4.69, 9.17) is 0 Å². The quantitative estimate of drug-likeness (QED) is 0.702. The van der Waals surface area contributed by atoms with E-state index < -0.39 is 0 Å². The fourth-order valence-electron chi connectivity index (χ4n) is 1.30. The molecule has 0 radical (unpaired) electrons. The minimum atomic E-state index is 0. The SMILES string of the molecule is CNC1(c2ccn[nH]2)CC1.Cl. The first-order valence-corrected chi connectivity index (χ1v) is 3.56. The molecule has 2 rings (SSSR count). The van der Waals surface area contributed by atoms with E-state index in [1.165, 1.54) is 18.5 Å². The molecule has 0 spiro atoms. The highest BCUT2D eigenvalue weighted by atomic mass is 35.5. The van der Waals surface area contributed by atoms with Gasteiger partial charge in [-0.25, -0.2) is 0 Å². The molecule has 4 heteroatoms. The molecule has 62 valence electrons. The van der Waals surface area contributed by atoms with Gasteiger partial charge in [-0.3, -0.25) is 5.10 Å². The van der Waals surface area contributed by atoms with E-state index in [2.05, 4.69) is 15.5 Å². The summed E-state index contributed by atoms with van der Waals surface area (Å²) in [7, 11) is 1.99. The number of H-pyrrole nitrogens is 1. The van der Waals surface area contributed by atoms with Crippen molar-refractivity contribution in [3.63, 3.8) is 0 Å². The summed E-state index contributed by atoms with van der Waals surface area (Å²) < 4.78 is 0. The molecular formula is C7H12ClN3. The van der Waals surface area contributed by atoms with Crippen LogP contribution >= 0.6 is 12.4 Å². The fourth-order valence-corrected chi connectivity index (χ4v) is 1.30. The molecule has 1 aromatic rings. The molecular weight excluding hydrogens is 162 g/mol.